The quantitative estimate of drug-likeness (QED) is 0.0382. The minimum absolute atomic E-state index is 0.0254. The first-order valence-corrected chi connectivity index (χ1v) is 14.1. The Morgan fingerprint density at radius 3 is 2.25 bits per heavy atom. The maximum atomic E-state index is 11.1. The fourth-order valence-electron chi connectivity index (χ4n) is 4.06. The van der Waals surface area contributed by atoms with Gasteiger partial charge in [-0.1, -0.05) is 34.3 Å². The Morgan fingerprint density at radius 2 is 1.45 bits per heavy atom. The first-order valence-electron chi connectivity index (χ1n) is 12.6. The number of phenols is 2. The second-order valence-corrected chi connectivity index (χ2v) is 10.5. The lowest BCUT2D eigenvalue weighted by atomic mass is 10.1. The molecule has 0 aliphatic heterocycles. The molecule has 0 spiro atoms. The summed E-state index contributed by atoms with van der Waals surface area (Å²) in [6, 6.07) is 26.4. The highest BCUT2D eigenvalue weighted by Gasteiger charge is 2.16. The first-order chi connectivity index (χ1) is 21.4. The van der Waals surface area contributed by atoms with Crippen LogP contribution in [0.3, 0.4) is 0 Å². The Hall–Kier alpha value is -4.58. The summed E-state index contributed by atoms with van der Waals surface area (Å²) >= 11 is 1.40. The van der Waals surface area contributed by atoms with Gasteiger partial charge in [-0.25, -0.2) is 10.5 Å². The molecule has 5 rings (SSSR count). The number of aryl methyl sites for hydroxylation is 1. The second kappa shape index (κ2) is 14.7. The van der Waals surface area contributed by atoms with Crippen molar-refractivity contribution in [1.82, 2.24) is 0 Å². The molecule has 0 amide bonds. The highest BCUT2D eigenvalue weighted by molar-refractivity contribution is 7.94. The van der Waals surface area contributed by atoms with Gasteiger partial charge in [-0.05, 0) is 78.5 Å². The summed E-state index contributed by atoms with van der Waals surface area (Å²) in [5.41, 5.74) is 3.32. The van der Waals surface area contributed by atoms with E-state index in [9.17, 15) is 10.2 Å². The number of anilines is 2. The van der Waals surface area contributed by atoms with E-state index in [1.807, 2.05) is 42.5 Å². The fraction of sp³-hybridized carbons (Fsp3) is 0.0345. The topological polar surface area (TPSA) is 179 Å². The highest BCUT2D eigenvalue weighted by atomic mass is 32.2. The predicted octanol–water partition coefficient (Wildman–Crippen LogP) is 9.99. The third-order valence-corrected chi connectivity index (χ3v) is 7.26. The van der Waals surface area contributed by atoms with Gasteiger partial charge in [0.15, 0.2) is 5.75 Å². The number of phenolic OH excluding ortho intramolecular Hbond substituents is 2. The molecule has 5 aromatic carbocycles. The number of benzene rings is 5. The van der Waals surface area contributed by atoms with Crippen molar-refractivity contribution < 1.29 is 39.5 Å². The monoisotopic (exact) mass is 633 g/mol. The summed E-state index contributed by atoms with van der Waals surface area (Å²) in [6.45, 7) is 1.76. The molecule has 5 aromatic rings. The number of azo groups is 2. The Bertz CT molecular complexity index is 1830. The summed E-state index contributed by atoms with van der Waals surface area (Å²) in [5, 5.41) is 67.4. The molecule has 0 aromatic heterocycles. The van der Waals surface area contributed by atoms with Crippen LogP contribution in [0.1, 0.15) is 5.56 Å². The van der Waals surface area contributed by atoms with Crippen molar-refractivity contribution >= 4 is 69.0 Å². The van der Waals surface area contributed by atoms with Crippen molar-refractivity contribution in [3.8, 4) is 11.5 Å². The third kappa shape index (κ3) is 7.67. The van der Waals surface area contributed by atoms with Gasteiger partial charge in [-0.15, -0.1) is 18.9 Å². The molecule has 0 aliphatic rings. The van der Waals surface area contributed by atoms with Gasteiger partial charge in [-0.3, -0.25) is 0 Å². The number of fused-ring (bicyclic) bond motifs is 1. The van der Waals surface area contributed by atoms with Gasteiger partial charge >= 0.3 is 0 Å². The third-order valence-electron chi connectivity index (χ3n) is 6.07. The number of rotatable bonds is 12. The molecule has 0 unspecified atom stereocenters. The molecular weight excluding hydrogens is 610 g/mol. The SMILES string of the molecule is Cc1cc(N=Nc2c(SOOO)cc3cc(Nc4ccccc4)ccc3c2O)c(O)cc1N=Nc1cccc(SOOO)c1. The van der Waals surface area contributed by atoms with Crippen molar-refractivity contribution in [2.24, 2.45) is 20.5 Å². The lowest BCUT2D eigenvalue weighted by Crippen LogP contribution is -1.90. The van der Waals surface area contributed by atoms with E-state index in [1.165, 1.54) is 6.07 Å². The van der Waals surface area contributed by atoms with Crippen LogP contribution in [0.5, 0.6) is 11.5 Å². The van der Waals surface area contributed by atoms with Gasteiger partial charge in [-0.2, -0.15) is 10.2 Å². The molecular formula is C29H23N5O8S2. The maximum Gasteiger partial charge on any atom is 0.152 e. The van der Waals surface area contributed by atoms with Gasteiger partial charge in [0.1, 0.15) is 17.1 Å². The van der Waals surface area contributed by atoms with Crippen LogP contribution in [-0.2, 0) is 18.7 Å². The first kappa shape index (κ1) is 30.9. The van der Waals surface area contributed by atoms with E-state index in [0.717, 1.165) is 23.4 Å². The smallest absolute Gasteiger partial charge is 0.152 e. The molecule has 44 heavy (non-hydrogen) atoms. The molecule has 0 saturated heterocycles. The molecule has 0 saturated carbocycles. The molecule has 15 heteroatoms. The standard InChI is InChI=1S/C29H23N5O8S2/c1-17-12-25(26(35)16-24(17)32-31-21-8-5-9-22(15-21)43-41-39-37)33-34-28-27(44-42-40-38)14-18-13-20(10-11-23(18)29(28)36)30-19-6-3-2-4-7-19/h2-16,30,35-38H,1H3. The van der Waals surface area contributed by atoms with E-state index in [4.69, 9.17) is 10.5 Å². The molecule has 0 radical (unpaired) electrons. The molecule has 0 fully saturated rings. The average molecular weight is 634 g/mol. The second-order valence-electron chi connectivity index (χ2n) is 8.98. The van der Waals surface area contributed by atoms with E-state index in [1.54, 1.807) is 49.4 Å². The fourth-order valence-corrected chi connectivity index (χ4v) is 4.96. The number of nitrogens with zero attached hydrogens (tertiary/aromatic N) is 4. The minimum atomic E-state index is -0.229. The summed E-state index contributed by atoms with van der Waals surface area (Å²) in [7, 11) is 0. The van der Waals surface area contributed by atoms with Crippen LogP contribution < -0.4 is 5.32 Å². The predicted molar refractivity (Wildman–Crippen MR) is 164 cm³/mol. The number of hydrogen-bond acceptors (Lipinski definition) is 15. The van der Waals surface area contributed by atoms with Gasteiger partial charge in [0, 0.05) is 27.7 Å². The van der Waals surface area contributed by atoms with Crippen LogP contribution in [-0.4, -0.2) is 20.7 Å². The molecule has 0 bridgehead atoms. The molecule has 0 aliphatic carbocycles. The summed E-state index contributed by atoms with van der Waals surface area (Å²) in [6.07, 6.45) is 0. The van der Waals surface area contributed by atoms with Gasteiger partial charge in [0.05, 0.1) is 40.4 Å². The van der Waals surface area contributed by atoms with Crippen molar-refractivity contribution in [2.75, 3.05) is 5.32 Å². The van der Waals surface area contributed by atoms with Crippen molar-refractivity contribution in [2.45, 2.75) is 16.7 Å². The molecule has 5 N–H and O–H groups in total. The minimum Gasteiger partial charge on any atom is -0.506 e. The molecule has 0 heterocycles. The zero-order chi connectivity index (χ0) is 30.9. The largest absolute Gasteiger partial charge is 0.506 e. The zero-order valence-corrected chi connectivity index (χ0v) is 24.3. The van der Waals surface area contributed by atoms with Gasteiger partial charge < -0.3 is 15.5 Å². The van der Waals surface area contributed by atoms with E-state index in [2.05, 4.69) is 44.5 Å². The van der Waals surface area contributed by atoms with Crippen molar-refractivity contribution in [3.05, 3.63) is 96.6 Å². The molecule has 13 nitrogen and oxygen atoms in total. The van der Waals surface area contributed by atoms with Gasteiger partial charge in [0.2, 0.25) is 0 Å². The van der Waals surface area contributed by atoms with Crippen LogP contribution >= 0.6 is 24.1 Å². The molecule has 224 valence electrons. The number of aromatic hydroxyl groups is 2. The number of para-hydroxylation sites is 1. The van der Waals surface area contributed by atoms with E-state index >= 15 is 0 Å². The van der Waals surface area contributed by atoms with Crippen LogP contribution in [0.2, 0.25) is 0 Å². The summed E-state index contributed by atoms with van der Waals surface area (Å²) in [5.74, 6) is -0.424. The number of nitrogens with one attached hydrogen (secondary N) is 1. The Morgan fingerprint density at radius 1 is 0.682 bits per heavy atom. The summed E-state index contributed by atoms with van der Waals surface area (Å²) < 4.78 is 9.06. The Balaban J connectivity index is 1.42. The van der Waals surface area contributed by atoms with Crippen LogP contribution in [0.15, 0.2) is 121 Å². The van der Waals surface area contributed by atoms with Crippen LogP contribution in [0, 0.1) is 6.92 Å². The van der Waals surface area contributed by atoms with Crippen LogP contribution in [0.4, 0.5) is 34.1 Å². The normalized spacial score (nSPS) is 11.6. The summed E-state index contributed by atoms with van der Waals surface area (Å²) in [4.78, 5) is 0.892. The Labute approximate surface area is 258 Å². The maximum absolute atomic E-state index is 11.1. The Kier molecular flexibility index (Phi) is 10.3. The zero-order valence-electron chi connectivity index (χ0n) is 22.7. The van der Waals surface area contributed by atoms with E-state index < -0.39 is 0 Å². The van der Waals surface area contributed by atoms with Gasteiger partial charge in [0.25, 0.3) is 0 Å². The van der Waals surface area contributed by atoms with Crippen molar-refractivity contribution in [3.63, 3.8) is 0 Å². The van der Waals surface area contributed by atoms with E-state index in [0.29, 0.717) is 44.6 Å². The highest BCUT2D eigenvalue weighted by Crippen LogP contribution is 2.45. The lowest BCUT2D eigenvalue weighted by molar-refractivity contribution is -0.432. The van der Waals surface area contributed by atoms with Crippen LogP contribution in [0.25, 0.3) is 10.8 Å². The number of hydrogen-bond donors (Lipinski definition) is 5. The van der Waals surface area contributed by atoms with Crippen molar-refractivity contribution in [1.29, 1.82) is 0 Å². The van der Waals surface area contributed by atoms with E-state index in [-0.39, 0.29) is 27.8 Å². The average Bonchev–Trinajstić information content (AvgIpc) is 3.03. The lowest BCUT2D eigenvalue weighted by Gasteiger charge is -2.12. The molecule has 0 atom stereocenters.